The van der Waals surface area contributed by atoms with Crippen LogP contribution in [0, 0.1) is 0 Å². The highest BCUT2D eigenvalue weighted by Gasteiger charge is 2.32. The minimum absolute atomic E-state index is 0.0363. The van der Waals surface area contributed by atoms with E-state index in [1.165, 1.54) is 7.05 Å². The SMILES string of the molecule is CNC(=O)NCCC(=O)NC[C@@H]1C[C@H](F)CN1Cc1ccnn1C. The van der Waals surface area contributed by atoms with Gasteiger partial charge in [-0.15, -0.1) is 0 Å². The van der Waals surface area contributed by atoms with Gasteiger partial charge >= 0.3 is 6.03 Å². The Morgan fingerprint density at radius 2 is 2.21 bits per heavy atom. The first-order valence-corrected chi connectivity index (χ1v) is 8.07. The van der Waals surface area contributed by atoms with Crippen molar-refractivity contribution in [3.63, 3.8) is 0 Å². The van der Waals surface area contributed by atoms with E-state index < -0.39 is 6.17 Å². The minimum Gasteiger partial charge on any atom is -0.354 e. The van der Waals surface area contributed by atoms with Crippen molar-refractivity contribution in [2.45, 2.75) is 31.6 Å². The molecule has 1 aliphatic rings. The summed E-state index contributed by atoms with van der Waals surface area (Å²) in [6.45, 7) is 1.64. The van der Waals surface area contributed by atoms with Crippen molar-refractivity contribution in [3.05, 3.63) is 18.0 Å². The molecule has 1 saturated heterocycles. The summed E-state index contributed by atoms with van der Waals surface area (Å²) in [6, 6.07) is 1.55. The minimum atomic E-state index is -0.880. The van der Waals surface area contributed by atoms with Crippen molar-refractivity contribution < 1.29 is 14.0 Å². The average molecular weight is 340 g/mol. The van der Waals surface area contributed by atoms with Gasteiger partial charge in [0.25, 0.3) is 0 Å². The quantitative estimate of drug-likeness (QED) is 0.639. The summed E-state index contributed by atoms with van der Waals surface area (Å²) in [5, 5.41) is 11.9. The Morgan fingerprint density at radius 3 is 2.88 bits per heavy atom. The third-order valence-corrected chi connectivity index (χ3v) is 4.16. The third-order valence-electron chi connectivity index (χ3n) is 4.16. The Morgan fingerprint density at radius 1 is 1.42 bits per heavy atom. The van der Waals surface area contributed by atoms with Crippen molar-refractivity contribution in [2.75, 3.05) is 26.7 Å². The molecule has 3 N–H and O–H groups in total. The molecule has 1 aromatic rings. The Balaban J connectivity index is 1.76. The van der Waals surface area contributed by atoms with E-state index in [1.807, 2.05) is 18.0 Å². The van der Waals surface area contributed by atoms with Crippen molar-refractivity contribution >= 4 is 11.9 Å². The van der Waals surface area contributed by atoms with Crippen LogP contribution in [0.5, 0.6) is 0 Å². The standard InChI is InChI=1S/C15H25FN6O2/c1-17-15(24)18-5-4-14(23)19-8-13-7-11(16)9-22(13)10-12-3-6-20-21(12)2/h3,6,11,13H,4-5,7-10H2,1-2H3,(H,19,23)(H2,17,18,24)/t11-,13-/m0/s1. The number of likely N-dealkylation sites (tertiary alicyclic amines) is 1. The van der Waals surface area contributed by atoms with Crippen molar-refractivity contribution in [1.82, 2.24) is 30.6 Å². The van der Waals surface area contributed by atoms with Crippen LogP contribution >= 0.6 is 0 Å². The maximum absolute atomic E-state index is 13.8. The molecular weight excluding hydrogens is 315 g/mol. The van der Waals surface area contributed by atoms with Gasteiger partial charge in [-0.1, -0.05) is 0 Å². The molecule has 1 fully saturated rings. The highest BCUT2D eigenvalue weighted by atomic mass is 19.1. The van der Waals surface area contributed by atoms with Crippen LogP contribution in [0.4, 0.5) is 9.18 Å². The number of rotatable bonds is 7. The zero-order chi connectivity index (χ0) is 17.5. The number of halogens is 1. The number of nitrogens with zero attached hydrogens (tertiary/aromatic N) is 3. The fourth-order valence-electron chi connectivity index (χ4n) is 2.79. The lowest BCUT2D eigenvalue weighted by atomic mass is 10.2. The number of hydrogen-bond donors (Lipinski definition) is 3. The van der Waals surface area contributed by atoms with E-state index in [0.717, 1.165) is 5.69 Å². The maximum Gasteiger partial charge on any atom is 0.314 e. The Labute approximate surface area is 140 Å². The topological polar surface area (TPSA) is 91.3 Å². The van der Waals surface area contributed by atoms with Gasteiger partial charge in [0.2, 0.25) is 5.91 Å². The fraction of sp³-hybridized carbons (Fsp3) is 0.667. The van der Waals surface area contributed by atoms with Crippen LogP contribution < -0.4 is 16.0 Å². The highest BCUT2D eigenvalue weighted by Crippen LogP contribution is 2.22. The van der Waals surface area contributed by atoms with Gasteiger partial charge in [0.1, 0.15) is 6.17 Å². The number of nitrogens with one attached hydrogen (secondary N) is 3. The molecule has 24 heavy (non-hydrogen) atoms. The number of aromatic nitrogens is 2. The molecule has 1 aromatic heterocycles. The van der Waals surface area contributed by atoms with Crippen molar-refractivity contribution in [1.29, 1.82) is 0 Å². The van der Waals surface area contributed by atoms with E-state index in [1.54, 1.807) is 10.9 Å². The molecular formula is C15H25FN6O2. The summed E-state index contributed by atoms with van der Waals surface area (Å²) < 4.78 is 15.5. The number of carbonyl (C=O) groups excluding carboxylic acids is 2. The zero-order valence-corrected chi connectivity index (χ0v) is 14.1. The zero-order valence-electron chi connectivity index (χ0n) is 14.1. The van der Waals surface area contributed by atoms with Crippen LogP contribution in [-0.2, 0) is 18.4 Å². The highest BCUT2D eigenvalue weighted by molar-refractivity contribution is 5.78. The summed E-state index contributed by atoms with van der Waals surface area (Å²) in [5.41, 5.74) is 1.01. The summed E-state index contributed by atoms with van der Waals surface area (Å²) in [7, 11) is 3.37. The van der Waals surface area contributed by atoms with E-state index >= 15 is 0 Å². The molecule has 9 heteroatoms. The van der Waals surface area contributed by atoms with Crippen LogP contribution in [-0.4, -0.2) is 65.5 Å². The van der Waals surface area contributed by atoms with Crippen LogP contribution in [0.25, 0.3) is 0 Å². The largest absolute Gasteiger partial charge is 0.354 e. The number of urea groups is 1. The first kappa shape index (κ1) is 18.2. The maximum atomic E-state index is 13.8. The van der Waals surface area contributed by atoms with Crippen LogP contribution in [0.3, 0.4) is 0 Å². The summed E-state index contributed by atoms with van der Waals surface area (Å²) in [4.78, 5) is 24.9. The second-order valence-electron chi connectivity index (χ2n) is 5.92. The first-order chi connectivity index (χ1) is 11.5. The predicted octanol–water partition coefficient (Wildman–Crippen LogP) is -0.232. The van der Waals surface area contributed by atoms with Crippen LogP contribution in [0.1, 0.15) is 18.5 Å². The van der Waals surface area contributed by atoms with Gasteiger partial charge in [-0.25, -0.2) is 9.18 Å². The number of alkyl halides is 1. The Hall–Kier alpha value is -2.16. The van der Waals surface area contributed by atoms with Crippen molar-refractivity contribution in [2.24, 2.45) is 7.05 Å². The fourth-order valence-corrected chi connectivity index (χ4v) is 2.79. The van der Waals surface area contributed by atoms with E-state index in [-0.39, 0.29) is 30.9 Å². The lowest BCUT2D eigenvalue weighted by molar-refractivity contribution is -0.121. The molecule has 134 valence electrons. The molecule has 0 aliphatic carbocycles. The first-order valence-electron chi connectivity index (χ1n) is 8.07. The Bertz CT molecular complexity index is 564. The molecule has 0 radical (unpaired) electrons. The molecule has 0 saturated carbocycles. The Kier molecular flexibility index (Phi) is 6.53. The van der Waals surface area contributed by atoms with Crippen LogP contribution in [0.2, 0.25) is 0 Å². The van der Waals surface area contributed by atoms with E-state index in [0.29, 0.717) is 26.1 Å². The number of amides is 3. The van der Waals surface area contributed by atoms with Crippen molar-refractivity contribution in [3.8, 4) is 0 Å². The summed E-state index contributed by atoms with van der Waals surface area (Å²) in [5.74, 6) is -0.158. The molecule has 0 bridgehead atoms. The van der Waals surface area contributed by atoms with Gasteiger partial charge in [0.15, 0.2) is 0 Å². The van der Waals surface area contributed by atoms with Crippen LogP contribution in [0.15, 0.2) is 12.3 Å². The van der Waals surface area contributed by atoms with Gasteiger partial charge in [-0.2, -0.15) is 5.10 Å². The second kappa shape index (κ2) is 8.62. The molecule has 0 aromatic carbocycles. The molecule has 2 rings (SSSR count). The molecule has 1 aliphatic heterocycles. The molecule has 3 amide bonds. The van der Waals surface area contributed by atoms with Gasteiger partial charge in [0.05, 0.1) is 5.69 Å². The smallest absolute Gasteiger partial charge is 0.314 e. The predicted molar refractivity (Wildman–Crippen MR) is 87.0 cm³/mol. The third kappa shape index (κ3) is 5.19. The number of carbonyl (C=O) groups is 2. The van der Waals surface area contributed by atoms with Gasteiger partial charge in [-0.05, 0) is 12.5 Å². The van der Waals surface area contributed by atoms with E-state index in [2.05, 4.69) is 21.0 Å². The number of aryl methyl sites for hydroxylation is 1. The molecule has 8 nitrogen and oxygen atoms in total. The summed E-state index contributed by atoms with van der Waals surface area (Å²) >= 11 is 0. The van der Waals surface area contributed by atoms with Gasteiger partial charge < -0.3 is 16.0 Å². The second-order valence-corrected chi connectivity index (χ2v) is 5.92. The molecule has 0 spiro atoms. The lowest BCUT2D eigenvalue weighted by Crippen LogP contribution is -2.41. The molecule has 2 atom stereocenters. The summed E-state index contributed by atoms with van der Waals surface area (Å²) in [6.07, 6.45) is 1.44. The molecule has 0 unspecified atom stereocenters. The van der Waals surface area contributed by atoms with Gasteiger partial charge in [-0.3, -0.25) is 14.4 Å². The molecule has 2 heterocycles. The van der Waals surface area contributed by atoms with E-state index in [9.17, 15) is 14.0 Å². The van der Waals surface area contributed by atoms with E-state index in [4.69, 9.17) is 0 Å². The number of hydrogen-bond acceptors (Lipinski definition) is 4. The van der Waals surface area contributed by atoms with Gasteiger partial charge in [0, 0.05) is 58.9 Å². The normalized spacial score (nSPS) is 20.8. The monoisotopic (exact) mass is 340 g/mol. The average Bonchev–Trinajstić information content (AvgIpc) is 3.11. The lowest BCUT2D eigenvalue weighted by Gasteiger charge is -2.24.